The lowest BCUT2D eigenvalue weighted by Gasteiger charge is -2.20. The number of carbonyl (C=O) groups excluding carboxylic acids is 2. The van der Waals surface area contributed by atoms with E-state index in [-0.39, 0.29) is 38.8 Å². The van der Waals surface area contributed by atoms with E-state index in [1.165, 1.54) is 6.07 Å². The lowest BCUT2D eigenvalue weighted by molar-refractivity contribution is 0.0977. The van der Waals surface area contributed by atoms with E-state index >= 15 is 0 Å². The molecule has 0 saturated carbocycles. The average Bonchev–Trinajstić information content (AvgIpc) is 2.40. The molecule has 94 valence electrons. The zero-order chi connectivity index (χ0) is 13.7. The molecule has 5 heteroatoms. The van der Waals surface area contributed by atoms with Crippen LogP contribution in [0, 0.1) is 0 Å². The summed E-state index contributed by atoms with van der Waals surface area (Å²) in [7, 11) is 0. The molecule has 0 amide bonds. The van der Waals surface area contributed by atoms with Gasteiger partial charge in [-0.2, -0.15) is 0 Å². The fourth-order valence-electron chi connectivity index (χ4n) is 2.28. The maximum atomic E-state index is 12.4. The summed E-state index contributed by atoms with van der Waals surface area (Å²) in [5.41, 5.74) is 6.51. The van der Waals surface area contributed by atoms with E-state index in [0.717, 1.165) is 0 Å². The minimum Gasteiger partial charge on any atom is -0.507 e. The summed E-state index contributed by atoms with van der Waals surface area (Å²) in [5, 5.41) is 9.90. The number of aromatic hydroxyl groups is 1. The standard InChI is InChI=1S/C14H9NO3S/c15-12-9(19)5-8(16)10-11(12)14(18)7-4-2-1-3-6(7)13(10)17/h1-5,16,19H,15H2. The van der Waals surface area contributed by atoms with Crippen molar-refractivity contribution in [2.24, 2.45) is 0 Å². The molecule has 3 rings (SSSR count). The van der Waals surface area contributed by atoms with Gasteiger partial charge in [-0.25, -0.2) is 0 Å². The van der Waals surface area contributed by atoms with Crippen molar-refractivity contribution in [1.82, 2.24) is 0 Å². The monoisotopic (exact) mass is 271 g/mol. The number of benzene rings is 2. The summed E-state index contributed by atoms with van der Waals surface area (Å²) in [4.78, 5) is 25.0. The van der Waals surface area contributed by atoms with E-state index < -0.39 is 5.78 Å². The summed E-state index contributed by atoms with van der Waals surface area (Å²) in [6.45, 7) is 0. The number of nitrogen functional groups attached to an aromatic ring is 1. The number of phenols is 1. The molecule has 0 unspecified atom stereocenters. The molecule has 2 aromatic carbocycles. The summed E-state index contributed by atoms with van der Waals surface area (Å²) in [5.74, 6) is -1.04. The third-order valence-electron chi connectivity index (χ3n) is 3.20. The van der Waals surface area contributed by atoms with Gasteiger partial charge in [0, 0.05) is 16.0 Å². The fraction of sp³-hybridized carbons (Fsp3) is 0. The Morgan fingerprint density at radius 1 is 1.00 bits per heavy atom. The van der Waals surface area contributed by atoms with Gasteiger partial charge in [-0.15, -0.1) is 12.6 Å². The Kier molecular flexibility index (Phi) is 2.40. The van der Waals surface area contributed by atoms with Gasteiger partial charge < -0.3 is 10.8 Å². The maximum Gasteiger partial charge on any atom is 0.198 e. The summed E-state index contributed by atoms with van der Waals surface area (Å²) in [6, 6.07) is 7.75. The van der Waals surface area contributed by atoms with E-state index in [1.54, 1.807) is 24.3 Å². The molecule has 0 spiro atoms. The molecule has 0 bridgehead atoms. The van der Waals surface area contributed by atoms with Gasteiger partial charge in [0.15, 0.2) is 11.6 Å². The van der Waals surface area contributed by atoms with Crippen molar-refractivity contribution in [3.8, 4) is 5.75 Å². The summed E-state index contributed by atoms with van der Waals surface area (Å²) in [6.07, 6.45) is 0. The van der Waals surface area contributed by atoms with E-state index in [4.69, 9.17) is 5.73 Å². The lowest BCUT2D eigenvalue weighted by atomic mass is 9.83. The molecule has 0 heterocycles. The first kappa shape index (κ1) is 11.8. The van der Waals surface area contributed by atoms with Crippen LogP contribution in [0.1, 0.15) is 31.8 Å². The van der Waals surface area contributed by atoms with Gasteiger partial charge in [-0.3, -0.25) is 9.59 Å². The Bertz CT molecular complexity index is 753. The van der Waals surface area contributed by atoms with Crippen LogP contribution in [0.3, 0.4) is 0 Å². The van der Waals surface area contributed by atoms with Gasteiger partial charge in [0.1, 0.15) is 5.75 Å². The average molecular weight is 271 g/mol. The normalized spacial score (nSPS) is 13.1. The molecule has 0 radical (unpaired) electrons. The molecular formula is C14H9NO3S. The first-order valence-electron chi connectivity index (χ1n) is 5.55. The van der Waals surface area contributed by atoms with Gasteiger partial charge in [0.2, 0.25) is 0 Å². The fourth-order valence-corrected chi connectivity index (χ4v) is 2.52. The molecule has 3 N–H and O–H groups in total. The molecule has 19 heavy (non-hydrogen) atoms. The third-order valence-corrected chi connectivity index (χ3v) is 3.57. The number of phenolic OH excluding ortho intramolecular Hbond substituents is 1. The highest BCUT2D eigenvalue weighted by Gasteiger charge is 2.34. The lowest BCUT2D eigenvalue weighted by Crippen LogP contribution is -2.22. The zero-order valence-corrected chi connectivity index (χ0v) is 10.6. The Hall–Kier alpha value is -2.27. The second kappa shape index (κ2) is 3.86. The van der Waals surface area contributed by atoms with Crippen LogP contribution in [-0.4, -0.2) is 16.7 Å². The van der Waals surface area contributed by atoms with E-state index in [2.05, 4.69) is 12.6 Å². The molecular weight excluding hydrogens is 262 g/mol. The highest BCUT2D eigenvalue weighted by atomic mass is 32.1. The Labute approximate surface area is 114 Å². The van der Waals surface area contributed by atoms with E-state index in [1.807, 2.05) is 0 Å². The number of thiol groups is 1. The van der Waals surface area contributed by atoms with Crippen LogP contribution in [-0.2, 0) is 0 Å². The van der Waals surface area contributed by atoms with E-state index in [9.17, 15) is 14.7 Å². The predicted octanol–water partition coefficient (Wildman–Crippen LogP) is 2.04. The summed E-state index contributed by atoms with van der Waals surface area (Å²) >= 11 is 4.09. The van der Waals surface area contributed by atoms with Gasteiger partial charge >= 0.3 is 0 Å². The molecule has 0 saturated heterocycles. The number of rotatable bonds is 0. The number of hydrogen-bond acceptors (Lipinski definition) is 5. The molecule has 1 aliphatic rings. The van der Waals surface area contributed by atoms with Crippen molar-refractivity contribution in [3.05, 3.63) is 52.6 Å². The molecule has 0 atom stereocenters. The van der Waals surface area contributed by atoms with Gasteiger partial charge in [0.05, 0.1) is 16.8 Å². The number of carbonyl (C=O) groups is 2. The van der Waals surface area contributed by atoms with E-state index in [0.29, 0.717) is 5.56 Å². The molecule has 0 aliphatic heterocycles. The van der Waals surface area contributed by atoms with Crippen molar-refractivity contribution in [2.75, 3.05) is 5.73 Å². The minimum atomic E-state index is -0.400. The number of fused-ring (bicyclic) bond motifs is 2. The van der Waals surface area contributed by atoms with Crippen molar-refractivity contribution in [3.63, 3.8) is 0 Å². The number of ketones is 2. The molecule has 0 aromatic heterocycles. The first-order valence-corrected chi connectivity index (χ1v) is 6.00. The topological polar surface area (TPSA) is 80.4 Å². The number of nitrogens with two attached hydrogens (primary N) is 1. The van der Waals surface area contributed by atoms with Crippen molar-refractivity contribution < 1.29 is 14.7 Å². The van der Waals surface area contributed by atoms with Gasteiger partial charge in [0.25, 0.3) is 0 Å². The molecule has 2 aromatic rings. The predicted molar refractivity (Wildman–Crippen MR) is 73.1 cm³/mol. The molecule has 1 aliphatic carbocycles. The third kappa shape index (κ3) is 1.48. The van der Waals surface area contributed by atoms with Crippen LogP contribution in [0.4, 0.5) is 5.69 Å². The number of anilines is 1. The van der Waals surface area contributed by atoms with Crippen LogP contribution in [0.2, 0.25) is 0 Å². The Morgan fingerprint density at radius 3 is 2.11 bits per heavy atom. The van der Waals surface area contributed by atoms with Crippen LogP contribution in [0.15, 0.2) is 35.2 Å². The first-order chi connectivity index (χ1) is 9.02. The highest BCUT2D eigenvalue weighted by molar-refractivity contribution is 7.80. The Balaban J connectivity index is 2.43. The van der Waals surface area contributed by atoms with Crippen molar-refractivity contribution in [2.45, 2.75) is 4.90 Å². The second-order valence-corrected chi connectivity index (χ2v) is 4.76. The smallest absolute Gasteiger partial charge is 0.198 e. The Morgan fingerprint density at radius 2 is 1.53 bits per heavy atom. The summed E-state index contributed by atoms with van der Waals surface area (Å²) < 4.78 is 0. The SMILES string of the molecule is Nc1c(S)cc(O)c2c1C(=O)c1ccccc1C2=O. The van der Waals surface area contributed by atoms with Crippen molar-refractivity contribution >= 4 is 29.9 Å². The van der Waals surface area contributed by atoms with Crippen LogP contribution in [0.25, 0.3) is 0 Å². The maximum absolute atomic E-state index is 12.4. The minimum absolute atomic E-state index is 0.0358. The van der Waals surface area contributed by atoms with Crippen molar-refractivity contribution in [1.29, 1.82) is 0 Å². The van der Waals surface area contributed by atoms with Gasteiger partial charge in [-0.1, -0.05) is 24.3 Å². The largest absolute Gasteiger partial charge is 0.507 e. The van der Waals surface area contributed by atoms with Crippen LogP contribution in [0.5, 0.6) is 5.75 Å². The number of hydrogen-bond donors (Lipinski definition) is 3. The second-order valence-electron chi connectivity index (χ2n) is 4.28. The zero-order valence-electron chi connectivity index (χ0n) is 9.68. The molecule has 0 fully saturated rings. The van der Waals surface area contributed by atoms with Gasteiger partial charge in [-0.05, 0) is 6.07 Å². The quantitative estimate of drug-likeness (QED) is 0.332. The molecule has 4 nitrogen and oxygen atoms in total. The van der Waals surface area contributed by atoms with Crippen LogP contribution >= 0.6 is 12.6 Å². The van der Waals surface area contributed by atoms with Crippen LogP contribution < -0.4 is 5.73 Å². The highest BCUT2D eigenvalue weighted by Crippen LogP contribution is 2.38.